The van der Waals surface area contributed by atoms with Gasteiger partial charge in [0.15, 0.2) is 11.6 Å². The Labute approximate surface area is 227 Å². The highest BCUT2D eigenvalue weighted by Gasteiger charge is 2.54. The van der Waals surface area contributed by atoms with Gasteiger partial charge in [0, 0.05) is 49.3 Å². The van der Waals surface area contributed by atoms with Crippen LogP contribution < -0.4 is 25.0 Å². The SMILES string of the molecule is CC(C)NC(=O)c1ccccc1Oc1cncnc1N1CC2(CC(Oc3ccnc4c3C(CO)NCC4)C2)C1. The van der Waals surface area contributed by atoms with Crippen LogP contribution in [0.25, 0.3) is 0 Å². The first-order chi connectivity index (χ1) is 18.9. The highest BCUT2D eigenvalue weighted by Crippen LogP contribution is 2.52. The van der Waals surface area contributed by atoms with Crippen LogP contribution in [0.15, 0.2) is 49.1 Å². The minimum Gasteiger partial charge on any atom is -0.490 e. The molecular formula is C29H34N6O4. The van der Waals surface area contributed by atoms with Gasteiger partial charge in [0.05, 0.1) is 30.1 Å². The number of fused-ring (bicyclic) bond motifs is 1. The molecule has 2 fully saturated rings. The fourth-order valence-corrected chi connectivity index (χ4v) is 5.96. The van der Waals surface area contributed by atoms with Crippen molar-refractivity contribution < 1.29 is 19.4 Å². The van der Waals surface area contributed by atoms with Crippen molar-refractivity contribution in [3.05, 3.63) is 65.9 Å². The van der Waals surface area contributed by atoms with Gasteiger partial charge in [-0.1, -0.05) is 12.1 Å². The minimum atomic E-state index is -0.182. The molecule has 3 N–H and O–H groups in total. The Balaban J connectivity index is 1.10. The van der Waals surface area contributed by atoms with Crippen LogP contribution in [0.1, 0.15) is 54.3 Å². The molecule has 6 rings (SSSR count). The van der Waals surface area contributed by atoms with E-state index in [2.05, 4.69) is 30.5 Å². The number of aliphatic hydroxyl groups is 1. The van der Waals surface area contributed by atoms with Crippen LogP contribution in [-0.2, 0) is 6.42 Å². The van der Waals surface area contributed by atoms with Gasteiger partial charge in [0.25, 0.3) is 5.91 Å². The van der Waals surface area contributed by atoms with Crippen molar-refractivity contribution in [1.29, 1.82) is 0 Å². The van der Waals surface area contributed by atoms with E-state index in [9.17, 15) is 9.90 Å². The molecule has 4 heterocycles. The molecular weight excluding hydrogens is 496 g/mol. The van der Waals surface area contributed by atoms with E-state index < -0.39 is 0 Å². The summed E-state index contributed by atoms with van der Waals surface area (Å²) in [5.41, 5.74) is 2.65. The number of nitrogens with zero attached hydrogens (tertiary/aromatic N) is 4. The Morgan fingerprint density at radius 2 is 2.00 bits per heavy atom. The second-order valence-corrected chi connectivity index (χ2v) is 11.0. The third kappa shape index (κ3) is 5.02. The van der Waals surface area contributed by atoms with E-state index >= 15 is 0 Å². The molecule has 1 unspecified atom stereocenters. The molecule has 1 atom stereocenters. The van der Waals surface area contributed by atoms with Crippen LogP contribution in [0.3, 0.4) is 0 Å². The van der Waals surface area contributed by atoms with Crippen molar-refractivity contribution in [1.82, 2.24) is 25.6 Å². The quantitative estimate of drug-likeness (QED) is 0.403. The summed E-state index contributed by atoms with van der Waals surface area (Å²) in [4.78, 5) is 28.1. The number of hydrogen-bond acceptors (Lipinski definition) is 9. The average Bonchev–Trinajstić information content (AvgIpc) is 2.89. The lowest BCUT2D eigenvalue weighted by molar-refractivity contribution is -0.0353. The van der Waals surface area contributed by atoms with Crippen LogP contribution in [0.5, 0.6) is 17.2 Å². The zero-order valence-electron chi connectivity index (χ0n) is 22.3. The molecule has 0 radical (unpaired) electrons. The normalized spacial score (nSPS) is 19.7. The molecule has 39 heavy (non-hydrogen) atoms. The van der Waals surface area contributed by atoms with E-state index in [0.29, 0.717) is 17.1 Å². The topological polar surface area (TPSA) is 122 Å². The lowest BCUT2D eigenvalue weighted by Crippen LogP contribution is -2.65. The van der Waals surface area contributed by atoms with Crippen LogP contribution in [-0.4, -0.2) is 64.4 Å². The van der Waals surface area contributed by atoms with Crippen molar-refractivity contribution in [3.63, 3.8) is 0 Å². The number of para-hydroxylation sites is 1. The molecule has 1 saturated heterocycles. The van der Waals surface area contributed by atoms with Crippen molar-refractivity contribution in [2.24, 2.45) is 5.41 Å². The molecule has 3 aliphatic rings. The molecule has 1 spiro atoms. The maximum atomic E-state index is 12.7. The number of hydrogen-bond donors (Lipinski definition) is 3. The number of carbonyl (C=O) groups excluding carboxylic acids is 1. The summed E-state index contributed by atoms with van der Waals surface area (Å²) >= 11 is 0. The highest BCUT2D eigenvalue weighted by molar-refractivity contribution is 5.97. The number of amides is 1. The Morgan fingerprint density at radius 1 is 1.18 bits per heavy atom. The lowest BCUT2D eigenvalue weighted by Gasteiger charge is -2.59. The van der Waals surface area contributed by atoms with E-state index in [-0.39, 0.29) is 36.1 Å². The van der Waals surface area contributed by atoms with E-state index in [4.69, 9.17) is 9.47 Å². The van der Waals surface area contributed by atoms with E-state index in [1.807, 2.05) is 32.0 Å². The zero-order valence-corrected chi connectivity index (χ0v) is 22.3. The molecule has 2 aliphatic heterocycles. The summed E-state index contributed by atoms with van der Waals surface area (Å²) in [5, 5.41) is 16.1. The van der Waals surface area contributed by atoms with E-state index in [0.717, 1.165) is 61.7 Å². The minimum absolute atomic E-state index is 0.0190. The third-order valence-electron chi connectivity index (χ3n) is 7.71. The summed E-state index contributed by atoms with van der Waals surface area (Å²) in [5.74, 6) is 2.36. The number of ether oxygens (including phenoxy) is 2. The molecule has 1 saturated carbocycles. The zero-order chi connectivity index (χ0) is 27.0. The molecule has 204 valence electrons. The molecule has 3 aromatic rings. The van der Waals surface area contributed by atoms with Gasteiger partial charge in [-0.25, -0.2) is 9.97 Å². The second-order valence-electron chi connectivity index (χ2n) is 11.0. The lowest BCUT2D eigenvalue weighted by atomic mass is 9.61. The van der Waals surface area contributed by atoms with E-state index in [1.54, 1.807) is 24.5 Å². The smallest absolute Gasteiger partial charge is 0.255 e. The van der Waals surface area contributed by atoms with Gasteiger partial charge in [0.1, 0.15) is 23.9 Å². The van der Waals surface area contributed by atoms with Gasteiger partial charge in [-0.2, -0.15) is 0 Å². The highest BCUT2D eigenvalue weighted by atomic mass is 16.5. The fraction of sp³-hybridized carbons (Fsp3) is 0.448. The van der Waals surface area contributed by atoms with Crippen LogP contribution in [0.2, 0.25) is 0 Å². The maximum absolute atomic E-state index is 12.7. The number of rotatable bonds is 8. The molecule has 10 nitrogen and oxygen atoms in total. The number of anilines is 1. The van der Waals surface area contributed by atoms with Gasteiger partial charge in [0.2, 0.25) is 0 Å². The van der Waals surface area contributed by atoms with Crippen molar-refractivity contribution >= 4 is 11.7 Å². The number of carbonyl (C=O) groups is 1. The molecule has 10 heteroatoms. The number of aromatic nitrogens is 3. The second kappa shape index (κ2) is 10.4. The standard InChI is InChI=1S/C29H34N6O4/c1-18(2)34-28(37)20-5-3-4-6-23(20)39-25-13-30-17-33-27(25)35-15-29(16-35)11-19(12-29)38-24-8-10-31-21-7-9-32-22(14-36)26(21)24/h3-6,8,10,13,17-19,22,32,36H,7,9,11-12,14-16H2,1-2H3,(H,34,37). The Bertz CT molecular complexity index is 1350. The fourth-order valence-electron chi connectivity index (χ4n) is 5.96. The van der Waals surface area contributed by atoms with Gasteiger partial charge < -0.3 is 30.1 Å². The van der Waals surface area contributed by atoms with Gasteiger partial charge in [-0.05, 0) is 44.9 Å². The predicted octanol–water partition coefficient (Wildman–Crippen LogP) is 3.03. The summed E-state index contributed by atoms with van der Waals surface area (Å²) < 4.78 is 12.6. The summed E-state index contributed by atoms with van der Waals surface area (Å²) in [6.45, 7) is 6.38. The summed E-state index contributed by atoms with van der Waals surface area (Å²) in [7, 11) is 0. The molecule has 2 aromatic heterocycles. The first-order valence-corrected chi connectivity index (χ1v) is 13.6. The summed E-state index contributed by atoms with van der Waals surface area (Å²) in [6.07, 6.45) is 7.85. The predicted molar refractivity (Wildman–Crippen MR) is 145 cm³/mol. The number of aliphatic hydroxyl groups excluding tert-OH is 1. The monoisotopic (exact) mass is 530 g/mol. The molecule has 1 aliphatic carbocycles. The Morgan fingerprint density at radius 3 is 2.79 bits per heavy atom. The average molecular weight is 531 g/mol. The van der Waals surface area contributed by atoms with Crippen LogP contribution in [0.4, 0.5) is 5.82 Å². The number of pyridine rings is 1. The Hall–Kier alpha value is -3.76. The van der Waals surface area contributed by atoms with Gasteiger partial charge >= 0.3 is 0 Å². The number of benzene rings is 1. The maximum Gasteiger partial charge on any atom is 0.255 e. The molecule has 1 aromatic carbocycles. The van der Waals surface area contributed by atoms with Crippen molar-refractivity contribution in [2.45, 2.75) is 51.3 Å². The largest absolute Gasteiger partial charge is 0.490 e. The summed E-state index contributed by atoms with van der Waals surface area (Å²) in [6, 6.07) is 9.00. The van der Waals surface area contributed by atoms with Gasteiger partial charge in [-0.15, -0.1) is 0 Å². The third-order valence-corrected chi connectivity index (χ3v) is 7.71. The van der Waals surface area contributed by atoms with Crippen molar-refractivity contribution in [3.8, 4) is 17.2 Å². The first-order valence-electron chi connectivity index (χ1n) is 13.6. The van der Waals surface area contributed by atoms with Gasteiger partial charge in [-0.3, -0.25) is 9.78 Å². The van der Waals surface area contributed by atoms with Crippen LogP contribution >= 0.6 is 0 Å². The molecule has 1 amide bonds. The van der Waals surface area contributed by atoms with E-state index in [1.165, 1.54) is 6.33 Å². The number of nitrogens with one attached hydrogen (secondary N) is 2. The molecule has 0 bridgehead atoms. The first kappa shape index (κ1) is 25.5. The van der Waals surface area contributed by atoms with Crippen LogP contribution in [0, 0.1) is 5.41 Å². The Kier molecular flexibility index (Phi) is 6.82. The van der Waals surface area contributed by atoms with Crippen molar-refractivity contribution in [2.75, 3.05) is 31.1 Å².